The van der Waals surface area contributed by atoms with Crippen LogP contribution in [0.15, 0.2) is 6.20 Å². The lowest BCUT2D eigenvalue weighted by molar-refractivity contribution is 0.117. The maximum atomic E-state index is 11.9. The molecule has 0 N–H and O–H groups in total. The molecule has 0 aliphatic rings. The van der Waals surface area contributed by atoms with Crippen LogP contribution < -0.4 is 4.74 Å². The lowest BCUT2D eigenvalue weighted by Gasteiger charge is -2.05. The van der Waals surface area contributed by atoms with Crippen LogP contribution in [-0.2, 0) is 6.54 Å². The van der Waals surface area contributed by atoms with Crippen molar-refractivity contribution in [3.8, 4) is 5.88 Å². The molecule has 5 heteroatoms. The predicted octanol–water partition coefficient (Wildman–Crippen LogP) is 1.47. The lowest BCUT2D eigenvalue weighted by Crippen LogP contribution is -2.09. The number of methoxy groups -OCH3 is 1. The van der Waals surface area contributed by atoms with Crippen LogP contribution in [-0.4, -0.2) is 23.3 Å². The second-order valence-corrected chi connectivity index (χ2v) is 2.41. The van der Waals surface area contributed by atoms with Crippen molar-refractivity contribution in [1.82, 2.24) is 9.78 Å². The van der Waals surface area contributed by atoms with Crippen molar-refractivity contribution in [3.05, 3.63) is 11.8 Å². The van der Waals surface area contributed by atoms with Gasteiger partial charge in [0.15, 0.2) is 0 Å². The van der Waals surface area contributed by atoms with Crippen LogP contribution >= 0.6 is 0 Å². The topological polar surface area (TPSA) is 27.1 Å². The summed E-state index contributed by atoms with van der Waals surface area (Å²) in [6, 6.07) is 0. The van der Waals surface area contributed by atoms with Crippen LogP contribution in [0.4, 0.5) is 8.78 Å². The summed E-state index contributed by atoms with van der Waals surface area (Å²) in [5.41, 5.74) is 0.762. The van der Waals surface area contributed by atoms with Crippen LogP contribution in [0.2, 0.25) is 0 Å². The fraction of sp³-hybridized carbons (Fsp3) is 0.571. The number of halogens is 2. The first-order chi connectivity index (χ1) is 5.65. The fourth-order valence-electron chi connectivity index (χ4n) is 0.995. The molecule has 0 spiro atoms. The molecule has 0 bridgehead atoms. The third-order valence-corrected chi connectivity index (χ3v) is 1.47. The summed E-state index contributed by atoms with van der Waals surface area (Å²) < 4.78 is 29.9. The molecule has 0 radical (unpaired) electrons. The van der Waals surface area contributed by atoms with Gasteiger partial charge >= 0.3 is 0 Å². The molecule has 1 aromatic heterocycles. The minimum Gasteiger partial charge on any atom is -0.481 e. The van der Waals surface area contributed by atoms with E-state index < -0.39 is 13.0 Å². The van der Waals surface area contributed by atoms with E-state index in [1.54, 1.807) is 6.92 Å². The lowest BCUT2D eigenvalue weighted by atomic mass is 10.4. The van der Waals surface area contributed by atoms with Crippen LogP contribution in [0.25, 0.3) is 0 Å². The Hall–Kier alpha value is -1.13. The minimum absolute atomic E-state index is 0.398. The van der Waals surface area contributed by atoms with Gasteiger partial charge in [-0.3, -0.25) is 0 Å². The highest BCUT2D eigenvalue weighted by Gasteiger charge is 2.11. The molecule has 1 heterocycles. The summed E-state index contributed by atoms with van der Waals surface area (Å²) in [6.07, 6.45) is -0.903. The Morgan fingerprint density at radius 3 is 2.83 bits per heavy atom. The van der Waals surface area contributed by atoms with Gasteiger partial charge in [0.2, 0.25) is 5.88 Å². The summed E-state index contributed by atoms with van der Waals surface area (Å²) >= 11 is 0. The Morgan fingerprint density at radius 1 is 1.67 bits per heavy atom. The highest BCUT2D eigenvalue weighted by molar-refractivity contribution is 5.21. The van der Waals surface area contributed by atoms with E-state index in [-0.39, 0.29) is 0 Å². The van der Waals surface area contributed by atoms with E-state index in [2.05, 4.69) is 5.10 Å². The van der Waals surface area contributed by atoms with Gasteiger partial charge in [0.1, 0.15) is 6.54 Å². The number of rotatable bonds is 3. The standard InChI is InChI=1S/C7H10F2N2O/c1-5-3-10-11(4-6(8)9)7(5)12-2/h3,6H,4H2,1-2H3. The molecule has 0 saturated carbocycles. The maximum Gasteiger partial charge on any atom is 0.258 e. The number of aromatic nitrogens is 2. The summed E-state index contributed by atoms with van der Waals surface area (Å²) in [5.74, 6) is 0.398. The Morgan fingerprint density at radius 2 is 2.33 bits per heavy atom. The van der Waals surface area contributed by atoms with Crippen molar-refractivity contribution >= 4 is 0 Å². The molecule has 12 heavy (non-hydrogen) atoms. The van der Waals surface area contributed by atoms with Crippen molar-refractivity contribution in [2.24, 2.45) is 0 Å². The molecule has 0 amide bonds. The minimum atomic E-state index is -2.40. The Bertz CT molecular complexity index is 260. The molecule has 0 unspecified atom stereocenters. The Kier molecular flexibility index (Phi) is 2.62. The third kappa shape index (κ3) is 1.72. The predicted molar refractivity (Wildman–Crippen MR) is 39.5 cm³/mol. The number of alkyl halides is 2. The van der Waals surface area contributed by atoms with Gasteiger partial charge < -0.3 is 4.74 Å². The Balaban J connectivity index is 2.84. The SMILES string of the molecule is COc1c(C)cnn1CC(F)F. The molecule has 0 fully saturated rings. The number of aryl methyl sites for hydroxylation is 1. The maximum absolute atomic E-state index is 11.9. The van der Waals surface area contributed by atoms with E-state index in [0.717, 1.165) is 10.2 Å². The van der Waals surface area contributed by atoms with E-state index in [4.69, 9.17) is 4.74 Å². The molecule has 0 aliphatic carbocycles. The second-order valence-electron chi connectivity index (χ2n) is 2.41. The molecule has 3 nitrogen and oxygen atoms in total. The third-order valence-electron chi connectivity index (χ3n) is 1.47. The van der Waals surface area contributed by atoms with Crippen LogP contribution in [0.1, 0.15) is 5.56 Å². The molecular weight excluding hydrogens is 166 g/mol. The van der Waals surface area contributed by atoms with E-state index in [9.17, 15) is 8.78 Å². The molecule has 1 aromatic rings. The van der Waals surface area contributed by atoms with Crippen molar-refractivity contribution in [3.63, 3.8) is 0 Å². The van der Waals surface area contributed by atoms with E-state index >= 15 is 0 Å². The number of nitrogens with zero attached hydrogens (tertiary/aromatic N) is 2. The molecule has 0 aromatic carbocycles. The van der Waals surface area contributed by atoms with Gasteiger partial charge in [-0.05, 0) is 6.92 Å². The largest absolute Gasteiger partial charge is 0.481 e. The van der Waals surface area contributed by atoms with Gasteiger partial charge in [0.25, 0.3) is 6.43 Å². The first kappa shape index (κ1) is 8.96. The van der Waals surface area contributed by atoms with Crippen molar-refractivity contribution in [1.29, 1.82) is 0 Å². The van der Waals surface area contributed by atoms with Crippen LogP contribution in [0, 0.1) is 6.92 Å². The summed E-state index contributed by atoms with van der Waals surface area (Å²) in [5, 5.41) is 3.74. The van der Waals surface area contributed by atoms with Crippen molar-refractivity contribution < 1.29 is 13.5 Å². The highest BCUT2D eigenvalue weighted by Crippen LogP contribution is 2.16. The van der Waals surface area contributed by atoms with Gasteiger partial charge in [-0.15, -0.1) is 0 Å². The number of ether oxygens (including phenoxy) is 1. The van der Waals surface area contributed by atoms with E-state index in [1.807, 2.05) is 0 Å². The number of hydrogen-bond donors (Lipinski definition) is 0. The van der Waals surface area contributed by atoms with E-state index in [0.29, 0.717) is 5.88 Å². The van der Waals surface area contributed by atoms with Crippen LogP contribution in [0.5, 0.6) is 5.88 Å². The quantitative estimate of drug-likeness (QED) is 0.697. The van der Waals surface area contributed by atoms with Gasteiger partial charge in [-0.25, -0.2) is 13.5 Å². The fourth-order valence-corrected chi connectivity index (χ4v) is 0.995. The molecular formula is C7H10F2N2O. The summed E-state index contributed by atoms with van der Waals surface area (Å²) in [4.78, 5) is 0. The molecule has 68 valence electrons. The zero-order chi connectivity index (χ0) is 9.14. The van der Waals surface area contributed by atoms with Gasteiger partial charge in [-0.1, -0.05) is 0 Å². The smallest absolute Gasteiger partial charge is 0.258 e. The monoisotopic (exact) mass is 176 g/mol. The number of hydrogen-bond acceptors (Lipinski definition) is 2. The van der Waals surface area contributed by atoms with E-state index in [1.165, 1.54) is 13.3 Å². The zero-order valence-corrected chi connectivity index (χ0v) is 6.92. The first-order valence-electron chi connectivity index (χ1n) is 3.49. The van der Waals surface area contributed by atoms with Crippen molar-refractivity contribution in [2.75, 3.05) is 7.11 Å². The van der Waals surface area contributed by atoms with Gasteiger partial charge in [0, 0.05) is 5.56 Å². The van der Waals surface area contributed by atoms with Crippen molar-refractivity contribution in [2.45, 2.75) is 19.9 Å². The molecule has 0 aliphatic heterocycles. The molecule has 0 saturated heterocycles. The Labute approximate surface area is 68.9 Å². The average molecular weight is 176 g/mol. The van der Waals surface area contributed by atoms with Gasteiger partial charge in [-0.2, -0.15) is 5.10 Å². The summed E-state index contributed by atoms with van der Waals surface area (Å²) in [7, 11) is 1.44. The highest BCUT2D eigenvalue weighted by atomic mass is 19.3. The first-order valence-corrected chi connectivity index (χ1v) is 3.49. The van der Waals surface area contributed by atoms with Crippen LogP contribution in [0.3, 0.4) is 0 Å². The van der Waals surface area contributed by atoms with Gasteiger partial charge in [0.05, 0.1) is 13.3 Å². The molecule has 1 rings (SSSR count). The normalized spacial score (nSPS) is 10.8. The summed E-state index contributed by atoms with van der Waals surface area (Å²) in [6.45, 7) is 1.34. The zero-order valence-electron chi connectivity index (χ0n) is 6.92. The second kappa shape index (κ2) is 3.51. The average Bonchev–Trinajstić information content (AvgIpc) is 2.30. The molecule has 0 atom stereocenters.